The molecule has 1 aliphatic heterocycles. The topological polar surface area (TPSA) is 48.1 Å². The molecule has 0 radical (unpaired) electrons. The Morgan fingerprint density at radius 1 is 1.33 bits per heavy atom. The largest absolute Gasteiger partial charge is 0.485 e. The predicted molar refractivity (Wildman–Crippen MR) is 70.6 cm³/mol. The second-order valence-electron chi connectivity index (χ2n) is 4.42. The third-order valence-corrected chi connectivity index (χ3v) is 3.40. The maximum Gasteiger partial charge on any atom is 0.127 e. The van der Waals surface area contributed by atoms with E-state index in [1.807, 2.05) is 36.5 Å². The SMILES string of the molecule is NC1CC(c2cccnc2)Oc2ccc(Cl)cc21. The zero-order valence-corrected chi connectivity index (χ0v) is 10.5. The third kappa shape index (κ3) is 2.07. The molecule has 0 bridgehead atoms. The van der Waals surface area contributed by atoms with Crippen LogP contribution in [-0.2, 0) is 0 Å². The molecule has 1 aliphatic rings. The first-order chi connectivity index (χ1) is 8.74. The summed E-state index contributed by atoms with van der Waals surface area (Å²) < 4.78 is 5.96. The Balaban J connectivity index is 1.95. The van der Waals surface area contributed by atoms with Crippen LogP contribution in [0.5, 0.6) is 5.75 Å². The number of hydrogen-bond donors (Lipinski definition) is 1. The van der Waals surface area contributed by atoms with Crippen molar-refractivity contribution >= 4 is 11.6 Å². The molecule has 2 N–H and O–H groups in total. The van der Waals surface area contributed by atoms with Crippen molar-refractivity contribution in [1.82, 2.24) is 4.98 Å². The van der Waals surface area contributed by atoms with Crippen LogP contribution in [0.15, 0.2) is 42.7 Å². The molecule has 0 spiro atoms. The number of ether oxygens (including phenoxy) is 1. The van der Waals surface area contributed by atoms with Crippen molar-refractivity contribution in [3.63, 3.8) is 0 Å². The molecular formula is C14H13ClN2O. The van der Waals surface area contributed by atoms with E-state index in [4.69, 9.17) is 22.1 Å². The van der Waals surface area contributed by atoms with Gasteiger partial charge >= 0.3 is 0 Å². The molecule has 0 amide bonds. The molecule has 0 fully saturated rings. The van der Waals surface area contributed by atoms with Crippen LogP contribution < -0.4 is 10.5 Å². The number of hydrogen-bond acceptors (Lipinski definition) is 3. The van der Waals surface area contributed by atoms with Gasteiger partial charge in [-0.3, -0.25) is 4.98 Å². The van der Waals surface area contributed by atoms with E-state index in [0.717, 1.165) is 23.3 Å². The summed E-state index contributed by atoms with van der Waals surface area (Å²) in [7, 11) is 0. The van der Waals surface area contributed by atoms with Crippen LogP contribution in [0.3, 0.4) is 0 Å². The quantitative estimate of drug-likeness (QED) is 0.856. The Kier molecular flexibility index (Phi) is 2.94. The van der Waals surface area contributed by atoms with Gasteiger partial charge in [0.1, 0.15) is 11.9 Å². The molecule has 3 rings (SSSR count). The molecule has 1 aromatic carbocycles. The number of benzene rings is 1. The van der Waals surface area contributed by atoms with Gasteiger partial charge < -0.3 is 10.5 Å². The zero-order valence-electron chi connectivity index (χ0n) is 9.71. The minimum absolute atomic E-state index is 0.0395. The predicted octanol–water partition coefficient (Wildman–Crippen LogP) is 3.26. The lowest BCUT2D eigenvalue weighted by Gasteiger charge is -2.30. The normalized spacial score (nSPS) is 22.1. The minimum atomic E-state index is -0.0577. The molecule has 2 aromatic rings. The van der Waals surface area contributed by atoms with E-state index in [2.05, 4.69) is 4.98 Å². The van der Waals surface area contributed by atoms with E-state index in [9.17, 15) is 0 Å². The molecule has 4 heteroatoms. The summed E-state index contributed by atoms with van der Waals surface area (Å²) in [6.07, 6.45) is 4.26. The van der Waals surface area contributed by atoms with Crippen molar-refractivity contribution in [2.45, 2.75) is 18.6 Å². The van der Waals surface area contributed by atoms with Crippen LogP contribution in [-0.4, -0.2) is 4.98 Å². The average Bonchev–Trinajstić information content (AvgIpc) is 2.40. The summed E-state index contributed by atoms with van der Waals surface area (Å²) in [4.78, 5) is 4.11. The lowest BCUT2D eigenvalue weighted by Crippen LogP contribution is -2.24. The Labute approximate surface area is 111 Å². The van der Waals surface area contributed by atoms with Crippen LogP contribution in [0.25, 0.3) is 0 Å². The number of fused-ring (bicyclic) bond motifs is 1. The highest BCUT2D eigenvalue weighted by molar-refractivity contribution is 6.30. The maximum atomic E-state index is 6.18. The van der Waals surface area contributed by atoms with E-state index in [1.54, 1.807) is 6.20 Å². The molecular weight excluding hydrogens is 248 g/mol. The van der Waals surface area contributed by atoms with Gasteiger partial charge in [0.05, 0.1) is 0 Å². The van der Waals surface area contributed by atoms with Crippen molar-refractivity contribution < 1.29 is 4.74 Å². The van der Waals surface area contributed by atoms with E-state index in [-0.39, 0.29) is 12.1 Å². The minimum Gasteiger partial charge on any atom is -0.485 e. The molecule has 0 saturated carbocycles. The maximum absolute atomic E-state index is 6.18. The Morgan fingerprint density at radius 3 is 3.00 bits per heavy atom. The van der Waals surface area contributed by atoms with Crippen molar-refractivity contribution in [1.29, 1.82) is 0 Å². The van der Waals surface area contributed by atoms with Gasteiger partial charge in [-0.1, -0.05) is 17.7 Å². The molecule has 2 atom stereocenters. The lowest BCUT2D eigenvalue weighted by molar-refractivity contribution is 0.161. The number of nitrogens with zero attached hydrogens (tertiary/aromatic N) is 1. The van der Waals surface area contributed by atoms with Crippen molar-refractivity contribution in [2.75, 3.05) is 0 Å². The highest BCUT2D eigenvalue weighted by Crippen LogP contribution is 2.40. The number of nitrogens with two attached hydrogens (primary N) is 1. The van der Waals surface area contributed by atoms with E-state index in [0.29, 0.717) is 5.02 Å². The van der Waals surface area contributed by atoms with Crippen LogP contribution in [0, 0.1) is 0 Å². The fourth-order valence-electron chi connectivity index (χ4n) is 2.25. The van der Waals surface area contributed by atoms with Gasteiger partial charge in [-0.15, -0.1) is 0 Å². The molecule has 0 saturated heterocycles. The summed E-state index contributed by atoms with van der Waals surface area (Å²) >= 11 is 5.97. The van der Waals surface area contributed by atoms with Gasteiger partial charge in [0.2, 0.25) is 0 Å². The number of rotatable bonds is 1. The van der Waals surface area contributed by atoms with Gasteiger partial charge in [-0.25, -0.2) is 0 Å². The van der Waals surface area contributed by atoms with Gasteiger partial charge in [-0.2, -0.15) is 0 Å². The van der Waals surface area contributed by atoms with Gasteiger partial charge in [0.25, 0.3) is 0 Å². The summed E-state index contributed by atoms with van der Waals surface area (Å²) in [6, 6.07) is 9.42. The summed E-state index contributed by atoms with van der Waals surface area (Å²) in [5.41, 5.74) is 8.21. The fraction of sp³-hybridized carbons (Fsp3) is 0.214. The summed E-state index contributed by atoms with van der Waals surface area (Å²) in [5.74, 6) is 0.812. The van der Waals surface area contributed by atoms with Crippen LogP contribution >= 0.6 is 11.6 Å². The summed E-state index contributed by atoms with van der Waals surface area (Å²) in [6.45, 7) is 0. The van der Waals surface area contributed by atoms with Crippen LogP contribution in [0.2, 0.25) is 5.02 Å². The highest BCUT2D eigenvalue weighted by Gasteiger charge is 2.27. The number of halogens is 1. The third-order valence-electron chi connectivity index (χ3n) is 3.16. The van der Waals surface area contributed by atoms with Gasteiger partial charge in [0.15, 0.2) is 0 Å². The molecule has 2 heterocycles. The lowest BCUT2D eigenvalue weighted by atomic mass is 9.94. The van der Waals surface area contributed by atoms with Gasteiger partial charge in [-0.05, 0) is 24.3 Å². The standard InChI is InChI=1S/C14H13ClN2O/c15-10-3-4-13-11(6-10)12(16)7-14(18-13)9-2-1-5-17-8-9/h1-6,8,12,14H,7,16H2. The van der Waals surface area contributed by atoms with Gasteiger partial charge in [0, 0.05) is 41.0 Å². The van der Waals surface area contributed by atoms with E-state index in [1.165, 1.54) is 0 Å². The summed E-state index contributed by atoms with van der Waals surface area (Å²) in [5, 5.41) is 0.688. The first-order valence-electron chi connectivity index (χ1n) is 5.85. The molecule has 0 aliphatic carbocycles. The second kappa shape index (κ2) is 4.59. The van der Waals surface area contributed by atoms with Crippen LogP contribution in [0.4, 0.5) is 0 Å². The number of aromatic nitrogens is 1. The first kappa shape index (κ1) is 11.5. The molecule has 3 nitrogen and oxygen atoms in total. The number of pyridine rings is 1. The Bertz CT molecular complexity index is 559. The second-order valence-corrected chi connectivity index (χ2v) is 4.85. The Morgan fingerprint density at radius 2 is 2.22 bits per heavy atom. The Hall–Kier alpha value is -1.58. The van der Waals surface area contributed by atoms with E-state index >= 15 is 0 Å². The zero-order chi connectivity index (χ0) is 12.5. The van der Waals surface area contributed by atoms with Crippen molar-refractivity contribution in [3.05, 3.63) is 58.9 Å². The van der Waals surface area contributed by atoms with E-state index < -0.39 is 0 Å². The van der Waals surface area contributed by atoms with Crippen LogP contribution in [0.1, 0.15) is 29.7 Å². The molecule has 2 unspecified atom stereocenters. The fourth-order valence-corrected chi connectivity index (χ4v) is 2.43. The molecule has 92 valence electrons. The van der Waals surface area contributed by atoms with Crippen molar-refractivity contribution in [2.24, 2.45) is 5.73 Å². The first-order valence-corrected chi connectivity index (χ1v) is 6.23. The smallest absolute Gasteiger partial charge is 0.127 e. The van der Waals surface area contributed by atoms with Crippen molar-refractivity contribution in [3.8, 4) is 5.75 Å². The molecule has 18 heavy (non-hydrogen) atoms. The monoisotopic (exact) mass is 260 g/mol. The highest BCUT2D eigenvalue weighted by atomic mass is 35.5. The molecule has 1 aromatic heterocycles. The average molecular weight is 261 g/mol.